The number of rotatable bonds is 3. The van der Waals surface area contributed by atoms with Crippen LogP contribution >= 0.6 is 0 Å². The van der Waals surface area contributed by atoms with Crippen molar-refractivity contribution in [1.82, 2.24) is 9.13 Å². The van der Waals surface area contributed by atoms with Gasteiger partial charge in [0.05, 0.1) is 27.8 Å². The first-order valence-electron chi connectivity index (χ1n) is 18.2. The van der Waals surface area contributed by atoms with Crippen LogP contribution < -0.4 is 0 Å². The van der Waals surface area contributed by atoms with Crippen molar-refractivity contribution in [2.75, 3.05) is 0 Å². The molecule has 0 fully saturated rings. The van der Waals surface area contributed by atoms with Gasteiger partial charge in [-0.25, -0.2) is 0 Å². The molecule has 3 heterocycles. The van der Waals surface area contributed by atoms with E-state index in [2.05, 4.69) is 185 Å². The number of para-hydroxylation sites is 3. The lowest BCUT2D eigenvalue weighted by Gasteiger charge is -2.11. The molecule has 3 nitrogen and oxygen atoms in total. The summed E-state index contributed by atoms with van der Waals surface area (Å²) < 4.78 is 11.4. The molecule has 3 heteroatoms. The fraction of sp³-hybridized carbons (Fsp3) is 0. The van der Waals surface area contributed by atoms with Gasteiger partial charge in [-0.3, -0.25) is 0 Å². The van der Waals surface area contributed by atoms with Crippen molar-refractivity contribution in [1.29, 1.82) is 0 Å². The maximum atomic E-state index is 6.53. The van der Waals surface area contributed by atoms with E-state index in [-0.39, 0.29) is 0 Å². The van der Waals surface area contributed by atoms with Crippen LogP contribution in [-0.4, -0.2) is 9.13 Å². The third-order valence-electron chi connectivity index (χ3n) is 11.3. The normalized spacial score (nSPS) is 12.2. The topological polar surface area (TPSA) is 23.0 Å². The number of hydrogen-bond donors (Lipinski definition) is 0. The van der Waals surface area contributed by atoms with Gasteiger partial charge in [0, 0.05) is 43.4 Å². The van der Waals surface area contributed by atoms with Crippen molar-refractivity contribution in [2.24, 2.45) is 0 Å². The largest absolute Gasteiger partial charge is 0.454 e. The minimum atomic E-state index is 0.904. The SMILES string of the molecule is c1ccc2cc(-n3c4ccc(-c5ccc6c(c5)c5ccccc5n6-c5cccc6c5oc5ccccc56)cc4c4ccc5ccccc5c43)ccc2c1. The van der Waals surface area contributed by atoms with E-state index in [9.17, 15) is 0 Å². The molecule has 0 atom stereocenters. The third kappa shape index (κ3) is 4.05. The summed E-state index contributed by atoms with van der Waals surface area (Å²) in [6.45, 7) is 0. The maximum Gasteiger partial charge on any atom is 0.159 e. The second kappa shape index (κ2) is 10.7. The molecule has 0 unspecified atom stereocenters. The average Bonchev–Trinajstić information content (AvgIpc) is 3.88. The number of hydrogen-bond acceptors (Lipinski definition) is 1. The second-order valence-electron chi connectivity index (χ2n) is 14.1. The van der Waals surface area contributed by atoms with Crippen molar-refractivity contribution in [3.05, 3.63) is 182 Å². The van der Waals surface area contributed by atoms with Gasteiger partial charge in [-0.05, 0) is 81.9 Å². The molecule has 0 spiro atoms. The van der Waals surface area contributed by atoms with Crippen LogP contribution in [0.3, 0.4) is 0 Å². The highest BCUT2D eigenvalue weighted by molar-refractivity contribution is 6.20. The van der Waals surface area contributed by atoms with Crippen molar-refractivity contribution in [2.45, 2.75) is 0 Å². The summed E-state index contributed by atoms with van der Waals surface area (Å²) in [5, 5.41) is 12.2. The number of benzene rings is 9. The van der Waals surface area contributed by atoms with Gasteiger partial charge in [-0.1, -0.05) is 127 Å². The van der Waals surface area contributed by atoms with Gasteiger partial charge in [-0.2, -0.15) is 0 Å². The molecule has 0 aliphatic heterocycles. The van der Waals surface area contributed by atoms with Gasteiger partial charge in [0.1, 0.15) is 5.58 Å². The number of fused-ring (bicyclic) bond motifs is 12. The predicted molar refractivity (Wildman–Crippen MR) is 223 cm³/mol. The van der Waals surface area contributed by atoms with Crippen LogP contribution in [0, 0.1) is 0 Å². The Labute approximate surface area is 304 Å². The Balaban J connectivity index is 1.09. The number of nitrogens with zero attached hydrogens (tertiary/aromatic N) is 2. The van der Waals surface area contributed by atoms with E-state index in [1.165, 1.54) is 70.9 Å². The summed E-state index contributed by atoms with van der Waals surface area (Å²) in [5.74, 6) is 0. The summed E-state index contributed by atoms with van der Waals surface area (Å²) in [4.78, 5) is 0. The Morgan fingerprint density at radius 3 is 1.81 bits per heavy atom. The quantitative estimate of drug-likeness (QED) is 0.183. The molecule has 0 saturated carbocycles. The summed E-state index contributed by atoms with van der Waals surface area (Å²) in [6.07, 6.45) is 0. The highest BCUT2D eigenvalue weighted by Crippen LogP contribution is 2.42. The smallest absolute Gasteiger partial charge is 0.159 e. The summed E-state index contributed by atoms with van der Waals surface area (Å²) in [6, 6.07) is 66.1. The van der Waals surface area contributed by atoms with Crippen molar-refractivity contribution in [3.8, 4) is 22.5 Å². The van der Waals surface area contributed by atoms with Gasteiger partial charge < -0.3 is 13.6 Å². The van der Waals surface area contributed by atoms with Crippen molar-refractivity contribution in [3.63, 3.8) is 0 Å². The van der Waals surface area contributed by atoms with Gasteiger partial charge in [0.15, 0.2) is 5.58 Å². The first-order valence-corrected chi connectivity index (χ1v) is 18.2. The van der Waals surface area contributed by atoms with E-state index in [0.717, 1.165) is 38.7 Å². The monoisotopic (exact) mass is 674 g/mol. The van der Waals surface area contributed by atoms with Crippen molar-refractivity contribution >= 4 is 87.1 Å². The highest BCUT2D eigenvalue weighted by atomic mass is 16.3. The standard InChI is InChI=1S/C50H30N2O/c1-2-12-33-28-36(24-20-31(33)10-1)51-45-26-22-35(30-43(45)40-25-21-32-11-3-4-13-37(32)49(40)51)34-23-27-46-42(29-34)38-14-5-7-17-44(38)52(46)47-18-9-16-41-39-15-6-8-19-48(39)53-50(41)47/h1-30H. The fourth-order valence-electron chi connectivity index (χ4n) is 8.86. The lowest BCUT2D eigenvalue weighted by molar-refractivity contribution is 0.666. The molecule has 12 rings (SSSR count). The molecule has 0 aliphatic carbocycles. The Morgan fingerprint density at radius 2 is 0.962 bits per heavy atom. The molecular formula is C50H30N2O. The lowest BCUT2D eigenvalue weighted by Crippen LogP contribution is -1.95. The molecule has 0 amide bonds. The van der Waals surface area contributed by atoms with Crippen LogP contribution in [0.15, 0.2) is 186 Å². The second-order valence-corrected chi connectivity index (χ2v) is 14.1. The molecule has 9 aromatic carbocycles. The molecule has 12 aromatic rings. The summed E-state index contributed by atoms with van der Waals surface area (Å²) in [5.41, 5.74) is 11.2. The molecule has 3 aromatic heterocycles. The van der Waals surface area contributed by atoms with Crippen LogP contribution in [0.1, 0.15) is 0 Å². The summed E-state index contributed by atoms with van der Waals surface area (Å²) >= 11 is 0. The molecule has 246 valence electrons. The van der Waals surface area contributed by atoms with Crippen LogP contribution in [0.5, 0.6) is 0 Å². The Morgan fingerprint density at radius 1 is 0.340 bits per heavy atom. The van der Waals surface area contributed by atoms with Gasteiger partial charge in [-0.15, -0.1) is 0 Å². The first-order chi connectivity index (χ1) is 26.3. The van der Waals surface area contributed by atoms with Crippen LogP contribution in [-0.2, 0) is 0 Å². The zero-order valence-electron chi connectivity index (χ0n) is 28.6. The summed E-state index contributed by atoms with van der Waals surface area (Å²) in [7, 11) is 0. The van der Waals surface area contributed by atoms with E-state index >= 15 is 0 Å². The number of furan rings is 1. The van der Waals surface area contributed by atoms with Gasteiger partial charge >= 0.3 is 0 Å². The van der Waals surface area contributed by atoms with E-state index in [1.807, 2.05) is 6.07 Å². The van der Waals surface area contributed by atoms with Crippen LogP contribution in [0.25, 0.3) is 110 Å². The molecule has 0 bridgehead atoms. The van der Waals surface area contributed by atoms with Gasteiger partial charge in [0.2, 0.25) is 0 Å². The molecule has 0 aliphatic rings. The average molecular weight is 675 g/mol. The van der Waals surface area contributed by atoms with E-state index in [4.69, 9.17) is 4.42 Å². The third-order valence-corrected chi connectivity index (χ3v) is 11.3. The molecule has 0 saturated heterocycles. The lowest BCUT2D eigenvalue weighted by atomic mass is 10.00. The Bertz CT molecular complexity index is 3470. The Kier molecular flexibility index (Phi) is 5.77. The van der Waals surface area contributed by atoms with Crippen LogP contribution in [0.4, 0.5) is 0 Å². The number of aromatic nitrogens is 2. The van der Waals surface area contributed by atoms with Crippen molar-refractivity contribution < 1.29 is 4.42 Å². The van der Waals surface area contributed by atoms with Gasteiger partial charge in [0.25, 0.3) is 0 Å². The first kappa shape index (κ1) is 28.6. The minimum Gasteiger partial charge on any atom is -0.454 e. The van der Waals surface area contributed by atoms with E-state index < -0.39 is 0 Å². The predicted octanol–water partition coefficient (Wildman–Crippen LogP) is 13.8. The van der Waals surface area contributed by atoms with E-state index in [1.54, 1.807) is 0 Å². The molecule has 0 N–H and O–H groups in total. The fourth-order valence-corrected chi connectivity index (χ4v) is 8.86. The Hall–Kier alpha value is -7.10. The van der Waals surface area contributed by atoms with E-state index in [0.29, 0.717) is 0 Å². The zero-order valence-corrected chi connectivity index (χ0v) is 28.6. The van der Waals surface area contributed by atoms with Crippen LogP contribution in [0.2, 0.25) is 0 Å². The molecule has 0 radical (unpaired) electrons. The minimum absolute atomic E-state index is 0.904. The molecular weight excluding hydrogens is 645 g/mol. The zero-order chi connectivity index (χ0) is 34.6. The molecule has 53 heavy (non-hydrogen) atoms. The highest BCUT2D eigenvalue weighted by Gasteiger charge is 2.20. The maximum absolute atomic E-state index is 6.53.